The van der Waals surface area contributed by atoms with Gasteiger partial charge in [-0.2, -0.15) is 0 Å². The van der Waals surface area contributed by atoms with Crippen LogP contribution in [0.4, 0.5) is 0 Å². The van der Waals surface area contributed by atoms with E-state index >= 15 is 0 Å². The smallest absolute Gasteiger partial charge is 0.550 e. The number of carboxylic acid groups (broad SMARTS) is 3. The first-order valence-electron chi connectivity index (χ1n) is 10.7. The van der Waals surface area contributed by atoms with E-state index in [1.807, 2.05) is 41.5 Å². The number of carboxylic acids is 3. The van der Waals surface area contributed by atoms with Crippen LogP contribution in [0.1, 0.15) is 93.9 Å². The van der Waals surface area contributed by atoms with Gasteiger partial charge >= 0.3 is 23.3 Å². The van der Waals surface area contributed by atoms with Crippen molar-refractivity contribution in [3.63, 3.8) is 0 Å². The molecule has 0 aromatic heterocycles. The van der Waals surface area contributed by atoms with E-state index in [0.29, 0.717) is 45.1 Å². The van der Waals surface area contributed by atoms with Gasteiger partial charge < -0.3 is 34.4 Å². The zero-order chi connectivity index (χ0) is 24.7. The van der Waals surface area contributed by atoms with Crippen LogP contribution in [0.15, 0.2) is 0 Å². The zero-order valence-electron chi connectivity index (χ0n) is 20.5. The predicted octanol–water partition coefficient (Wildman–Crippen LogP) is 0.706. The molecular formula is C22H41AlO8. The Hall–Kier alpha value is -1.59. The predicted molar refractivity (Wildman–Crippen MR) is 115 cm³/mol. The number of hydrogen-bond donors (Lipinski definition) is 0. The van der Waals surface area contributed by atoms with Crippen molar-refractivity contribution < 1.29 is 39.2 Å². The maximum Gasteiger partial charge on any atom is 3.00 e. The van der Waals surface area contributed by atoms with E-state index in [9.17, 15) is 34.5 Å². The number of rotatable bonds is 10. The molecule has 0 rings (SSSR count). The number of hydrogen-bond acceptors (Lipinski definition) is 8. The van der Waals surface area contributed by atoms with Crippen molar-refractivity contribution in [3.8, 4) is 0 Å². The fourth-order valence-electron chi connectivity index (χ4n) is 2.07. The van der Waals surface area contributed by atoms with Crippen LogP contribution in [0.25, 0.3) is 0 Å². The van der Waals surface area contributed by atoms with E-state index in [-0.39, 0.29) is 41.1 Å². The Bertz CT molecular complexity index is 390. The Balaban J connectivity index is -0.0000000965. The molecule has 0 radical (unpaired) electrons. The third kappa shape index (κ3) is 30.7. The molecule has 31 heavy (non-hydrogen) atoms. The van der Waals surface area contributed by atoms with Crippen LogP contribution in [0, 0.1) is 17.8 Å². The van der Waals surface area contributed by atoms with Gasteiger partial charge in [0.25, 0.3) is 0 Å². The minimum Gasteiger partial charge on any atom is -0.550 e. The molecule has 0 aliphatic rings. The summed E-state index contributed by atoms with van der Waals surface area (Å²) in [4.78, 5) is 40.0. The standard InChI is InChI=1S/3C6H12O2.C4H8O2.Al/c3*1-3-5(4-2)6(7)8;1-3-6-4(2)5;/h3*5H,3-4H2,1-2H3,(H,7,8);3H2,1-2H3;/q;;;;+3/p-3. The van der Waals surface area contributed by atoms with Crippen LogP contribution in [-0.2, 0) is 23.9 Å². The van der Waals surface area contributed by atoms with E-state index < -0.39 is 17.9 Å². The first kappa shape index (κ1) is 39.8. The normalized spacial score (nSPS) is 9.13. The molecule has 9 heteroatoms. The van der Waals surface area contributed by atoms with Crippen molar-refractivity contribution in [1.29, 1.82) is 0 Å². The molecule has 0 saturated carbocycles. The maximum absolute atomic E-state index is 10.1. The Morgan fingerprint density at radius 2 is 0.774 bits per heavy atom. The quantitative estimate of drug-likeness (QED) is 0.342. The number of carbonyl (C=O) groups excluding carboxylic acids is 4. The number of carbonyl (C=O) groups is 4. The van der Waals surface area contributed by atoms with Crippen LogP contribution < -0.4 is 15.3 Å². The van der Waals surface area contributed by atoms with Crippen LogP contribution in [0.3, 0.4) is 0 Å². The van der Waals surface area contributed by atoms with Gasteiger partial charge in [-0.25, -0.2) is 0 Å². The van der Waals surface area contributed by atoms with Crippen molar-refractivity contribution in [2.24, 2.45) is 17.8 Å². The Morgan fingerprint density at radius 3 is 0.774 bits per heavy atom. The zero-order valence-corrected chi connectivity index (χ0v) is 21.7. The number of aliphatic carboxylic acids is 3. The average Bonchev–Trinajstić information content (AvgIpc) is 2.65. The molecule has 0 aliphatic heterocycles. The molecule has 0 N–H and O–H groups in total. The summed E-state index contributed by atoms with van der Waals surface area (Å²) < 4.78 is 4.40. The van der Waals surface area contributed by atoms with Crippen LogP contribution in [0.2, 0.25) is 0 Å². The summed E-state index contributed by atoms with van der Waals surface area (Å²) in [7, 11) is 0. The number of esters is 1. The topological polar surface area (TPSA) is 147 Å². The molecule has 0 aromatic carbocycles. The van der Waals surface area contributed by atoms with Crippen molar-refractivity contribution in [2.45, 2.75) is 93.9 Å². The third-order valence-electron chi connectivity index (χ3n) is 4.30. The SMILES string of the molecule is CCC(CC)C(=O)[O-].CCC(CC)C(=O)[O-].CCC(CC)C(=O)[O-].CCOC(C)=O.[Al+3]. The van der Waals surface area contributed by atoms with Gasteiger partial charge in [-0.3, -0.25) is 4.79 Å². The van der Waals surface area contributed by atoms with Gasteiger partial charge in [-0.1, -0.05) is 41.5 Å². The minimum atomic E-state index is -0.921. The Labute approximate surface area is 198 Å². The van der Waals surface area contributed by atoms with Gasteiger partial charge in [-0.15, -0.1) is 0 Å². The summed E-state index contributed by atoms with van der Waals surface area (Å²) in [6.07, 6.45) is 4.08. The molecule has 0 unspecified atom stereocenters. The fourth-order valence-corrected chi connectivity index (χ4v) is 2.07. The number of ether oxygens (including phenoxy) is 1. The summed E-state index contributed by atoms with van der Waals surface area (Å²) in [5.41, 5.74) is 0. The van der Waals surface area contributed by atoms with Crippen molar-refractivity contribution in [2.75, 3.05) is 6.61 Å². The molecular weight excluding hydrogens is 419 g/mol. The first-order valence-corrected chi connectivity index (χ1v) is 10.7. The minimum absolute atomic E-state index is 0. The van der Waals surface area contributed by atoms with E-state index in [1.165, 1.54) is 6.92 Å². The second-order valence-electron chi connectivity index (χ2n) is 6.42. The van der Waals surface area contributed by atoms with E-state index in [2.05, 4.69) is 4.74 Å². The summed E-state index contributed by atoms with van der Waals surface area (Å²) in [6.45, 7) is 14.8. The summed E-state index contributed by atoms with van der Waals surface area (Å²) in [5.74, 6) is -3.70. The first-order chi connectivity index (χ1) is 13.9. The molecule has 0 amide bonds. The molecule has 0 fully saturated rings. The van der Waals surface area contributed by atoms with E-state index in [0.717, 1.165) is 0 Å². The van der Waals surface area contributed by atoms with Crippen LogP contribution in [0.5, 0.6) is 0 Å². The summed E-state index contributed by atoms with van der Waals surface area (Å²) >= 11 is 0. The molecule has 8 nitrogen and oxygen atoms in total. The summed E-state index contributed by atoms with van der Waals surface area (Å²) in [5, 5.41) is 30.2. The van der Waals surface area contributed by atoms with Crippen molar-refractivity contribution >= 4 is 41.2 Å². The van der Waals surface area contributed by atoms with Crippen LogP contribution >= 0.6 is 0 Å². The van der Waals surface area contributed by atoms with Gasteiger partial charge in [0.05, 0.1) is 6.61 Å². The molecule has 180 valence electrons. The van der Waals surface area contributed by atoms with Gasteiger partial charge in [0.1, 0.15) is 0 Å². The monoisotopic (exact) mass is 460 g/mol. The second kappa shape index (κ2) is 28.4. The van der Waals surface area contributed by atoms with E-state index in [4.69, 9.17) is 0 Å². The second-order valence-corrected chi connectivity index (χ2v) is 6.42. The van der Waals surface area contributed by atoms with Crippen molar-refractivity contribution in [1.82, 2.24) is 0 Å². The molecule has 0 aliphatic carbocycles. The summed E-state index contributed by atoms with van der Waals surface area (Å²) in [6, 6.07) is 0. The third-order valence-corrected chi connectivity index (χ3v) is 4.30. The van der Waals surface area contributed by atoms with Crippen molar-refractivity contribution in [3.05, 3.63) is 0 Å². The molecule has 0 spiro atoms. The molecule has 0 heterocycles. The van der Waals surface area contributed by atoms with Gasteiger partial charge in [0, 0.05) is 24.8 Å². The maximum atomic E-state index is 10.1. The van der Waals surface area contributed by atoms with Gasteiger partial charge in [-0.05, 0) is 63.2 Å². The Morgan fingerprint density at radius 1 is 0.581 bits per heavy atom. The molecule has 0 saturated heterocycles. The molecule has 0 bridgehead atoms. The molecule has 0 atom stereocenters. The van der Waals surface area contributed by atoms with Gasteiger partial charge in [0.2, 0.25) is 0 Å². The Kier molecular flexibility index (Phi) is 36.5. The largest absolute Gasteiger partial charge is 3.00 e. The molecule has 0 aromatic rings. The van der Waals surface area contributed by atoms with Crippen LogP contribution in [-0.4, -0.2) is 47.8 Å². The fraction of sp³-hybridized carbons (Fsp3) is 0.818. The average molecular weight is 461 g/mol. The van der Waals surface area contributed by atoms with E-state index in [1.54, 1.807) is 6.92 Å². The van der Waals surface area contributed by atoms with Gasteiger partial charge in [0.15, 0.2) is 0 Å².